The van der Waals surface area contributed by atoms with E-state index in [9.17, 15) is 13.9 Å². The number of ether oxygens (including phenoxy) is 2. The third kappa shape index (κ3) is 3.46. The Kier molecular flexibility index (Phi) is 4.04. The predicted molar refractivity (Wildman–Crippen MR) is 56.4 cm³/mol. The van der Waals surface area contributed by atoms with Crippen molar-refractivity contribution in [2.45, 2.75) is 25.2 Å². The van der Waals surface area contributed by atoms with Gasteiger partial charge in [0.05, 0.1) is 19.3 Å². The van der Waals surface area contributed by atoms with E-state index in [4.69, 9.17) is 9.47 Å². The molecule has 1 unspecified atom stereocenters. The summed E-state index contributed by atoms with van der Waals surface area (Å²) in [6.45, 7) is 1.03. The molecular weight excluding hydrogens is 230 g/mol. The minimum absolute atomic E-state index is 0.120. The Labute approximate surface area is 98.0 Å². The molecule has 0 saturated carbocycles. The van der Waals surface area contributed by atoms with Crippen LogP contribution in [0.15, 0.2) is 18.2 Å². The Bertz CT molecular complexity index is 378. The molecule has 1 N–H and O–H groups in total. The van der Waals surface area contributed by atoms with Gasteiger partial charge in [0.25, 0.3) is 0 Å². The Morgan fingerprint density at radius 2 is 2.00 bits per heavy atom. The smallest absolute Gasteiger partial charge is 0.160 e. The van der Waals surface area contributed by atoms with E-state index >= 15 is 0 Å². The van der Waals surface area contributed by atoms with Crippen molar-refractivity contribution in [3.63, 3.8) is 0 Å². The lowest BCUT2D eigenvalue weighted by molar-refractivity contribution is -0.0699. The number of rotatable bonds is 4. The minimum Gasteiger partial charge on any atom is -0.393 e. The average molecular weight is 244 g/mol. The van der Waals surface area contributed by atoms with Crippen molar-refractivity contribution < 1.29 is 23.4 Å². The molecule has 1 aromatic carbocycles. The summed E-state index contributed by atoms with van der Waals surface area (Å²) < 4.78 is 36.3. The summed E-state index contributed by atoms with van der Waals surface area (Å²) >= 11 is 0. The first-order valence-corrected chi connectivity index (χ1v) is 5.50. The molecule has 2 rings (SSSR count). The molecule has 0 spiro atoms. The van der Waals surface area contributed by atoms with Crippen LogP contribution in [-0.4, -0.2) is 30.7 Å². The predicted octanol–water partition coefficient (Wildman–Crippen LogP) is 1.63. The van der Waals surface area contributed by atoms with Crippen LogP contribution in [-0.2, 0) is 15.9 Å². The van der Waals surface area contributed by atoms with Crippen LogP contribution in [0.2, 0.25) is 0 Å². The first-order valence-electron chi connectivity index (χ1n) is 5.50. The lowest BCUT2D eigenvalue weighted by Crippen LogP contribution is -2.20. The molecule has 0 amide bonds. The van der Waals surface area contributed by atoms with Crippen molar-refractivity contribution >= 4 is 0 Å². The van der Waals surface area contributed by atoms with Gasteiger partial charge in [-0.15, -0.1) is 0 Å². The van der Waals surface area contributed by atoms with E-state index in [2.05, 4.69) is 0 Å². The normalized spacial score (nSPS) is 18.5. The molecule has 1 heterocycles. The van der Waals surface area contributed by atoms with Crippen molar-refractivity contribution in [1.29, 1.82) is 0 Å². The third-order valence-corrected chi connectivity index (χ3v) is 2.63. The van der Waals surface area contributed by atoms with E-state index in [1.807, 2.05) is 0 Å². The SMILES string of the molecule is OC(Cc1ccc(F)cc1F)CC1OCCO1. The maximum atomic E-state index is 13.3. The van der Waals surface area contributed by atoms with E-state index in [0.717, 1.165) is 6.07 Å². The topological polar surface area (TPSA) is 38.7 Å². The van der Waals surface area contributed by atoms with Gasteiger partial charge in [0.2, 0.25) is 0 Å². The van der Waals surface area contributed by atoms with Crippen molar-refractivity contribution in [3.05, 3.63) is 35.4 Å². The van der Waals surface area contributed by atoms with Crippen LogP contribution < -0.4 is 0 Å². The van der Waals surface area contributed by atoms with Crippen LogP contribution >= 0.6 is 0 Å². The summed E-state index contributed by atoms with van der Waals surface area (Å²) in [5.74, 6) is -1.26. The highest BCUT2D eigenvalue weighted by molar-refractivity contribution is 5.19. The molecule has 1 aliphatic heterocycles. The highest BCUT2D eigenvalue weighted by atomic mass is 19.1. The molecule has 1 aliphatic rings. The fourth-order valence-corrected chi connectivity index (χ4v) is 1.79. The van der Waals surface area contributed by atoms with Gasteiger partial charge in [-0.3, -0.25) is 0 Å². The molecule has 0 radical (unpaired) electrons. The van der Waals surface area contributed by atoms with Gasteiger partial charge < -0.3 is 14.6 Å². The largest absolute Gasteiger partial charge is 0.393 e. The first-order chi connectivity index (χ1) is 8.15. The maximum absolute atomic E-state index is 13.3. The van der Waals surface area contributed by atoms with Gasteiger partial charge in [-0.05, 0) is 11.6 Å². The first kappa shape index (κ1) is 12.4. The zero-order valence-electron chi connectivity index (χ0n) is 9.23. The number of halogens is 2. The number of hydrogen-bond donors (Lipinski definition) is 1. The average Bonchev–Trinajstić information content (AvgIpc) is 2.75. The molecular formula is C12H14F2O3. The van der Waals surface area contributed by atoms with Crippen LogP contribution in [0.25, 0.3) is 0 Å². The van der Waals surface area contributed by atoms with Crippen molar-refractivity contribution in [2.75, 3.05) is 13.2 Å². The van der Waals surface area contributed by atoms with Gasteiger partial charge >= 0.3 is 0 Å². The second kappa shape index (κ2) is 5.53. The third-order valence-electron chi connectivity index (χ3n) is 2.63. The van der Waals surface area contributed by atoms with Crippen molar-refractivity contribution in [1.82, 2.24) is 0 Å². The van der Waals surface area contributed by atoms with Gasteiger partial charge in [-0.25, -0.2) is 8.78 Å². The summed E-state index contributed by atoms with van der Waals surface area (Å²) in [6.07, 6.45) is -0.779. The molecule has 1 aromatic rings. The zero-order valence-corrected chi connectivity index (χ0v) is 9.23. The molecule has 1 atom stereocenters. The van der Waals surface area contributed by atoms with Crippen molar-refractivity contribution in [3.8, 4) is 0 Å². The standard InChI is InChI=1S/C12H14F2O3/c13-9-2-1-8(11(14)6-9)5-10(15)7-12-16-3-4-17-12/h1-2,6,10,12,15H,3-5,7H2. The zero-order chi connectivity index (χ0) is 12.3. The van der Waals surface area contributed by atoms with E-state index in [-0.39, 0.29) is 18.4 Å². The van der Waals surface area contributed by atoms with Gasteiger partial charge in [0.1, 0.15) is 11.6 Å². The summed E-state index contributed by atoms with van der Waals surface area (Å²) in [4.78, 5) is 0. The number of benzene rings is 1. The van der Waals surface area contributed by atoms with Crippen LogP contribution in [0, 0.1) is 11.6 Å². The Hall–Kier alpha value is -1.04. The molecule has 17 heavy (non-hydrogen) atoms. The van der Waals surface area contributed by atoms with Crippen LogP contribution in [0.1, 0.15) is 12.0 Å². The number of aliphatic hydroxyl groups is 1. The molecule has 0 aliphatic carbocycles. The quantitative estimate of drug-likeness (QED) is 0.875. The summed E-state index contributed by atoms with van der Waals surface area (Å²) in [7, 11) is 0. The summed E-state index contributed by atoms with van der Waals surface area (Å²) in [5.41, 5.74) is 0.289. The van der Waals surface area contributed by atoms with Crippen LogP contribution in [0.4, 0.5) is 8.78 Å². The second-order valence-electron chi connectivity index (χ2n) is 4.00. The Morgan fingerprint density at radius 3 is 2.65 bits per heavy atom. The number of hydrogen-bond acceptors (Lipinski definition) is 3. The van der Waals surface area contributed by atoms with Gasteiger partial charge in [-0.2, -0.15) is 0 Å². The van der Waals surface area contributed by atoms with Gasteiger partial charge in [-0.1, -0.05) is 6.07 Å². The molecule has 0 bridgehead atoms. The lowest BCUT2D eigenvalue weighted by Gasteiger charge is -2.15. The fraction of sp³-hybridized carbons (Fsp3) is 0.500. The summed E-state index contributed by atoms with van der Waals surface area (Å²) in [6, 6.07) is 3.32. The highest BCUT2D eigenvalue weighted by Crippen LogP contribution is 2.16. The Balaban J connectivity index is 1.90. The van der Waals surface area contributed by atoms with E-state index in [0.29, 0.717) is 13.2 Å². The molecule has 1 saturated heterocycles. The van der Waals surface area contributed by atoms with E-state index in [1.165, 1.54) is 12.1 Å². The Morgan fingerprint density at radius 1 is 1.29 bits per heavy atom. The monoisotopic (exact) mass is 244 g/mol. The van der Waals surface area contributed by atoms with Crippen LogP contribution in [0.3, 0.4) is 0 Å². The fourth-order valence-electron chi connectivity index (χ4n) is 1.79. The van der Waals surface area contributed by atoms with E-state index in [1.54, 1.807) is 0 Å². The summed E-state index contributed by atoms with van der Waals surface area (Å²) in [5, 5.41) is 9.74. The van der Waals surface area contributed by atoms with Crippen LogP contribution in [0.5, 0.6) is 0 Å². The molecule has 3 nitrogen and oxygen atoms in total. The van der Waals surface area contributed by atoms with E-state index < -0.39 is 24.0 Å². The number of aliphatic hydroxyl groups excluding tert-OH is 1. The lowest BCUT2D eigenvalue weighted by atomic mass is 10.0. The molecule has 5 heteroatoms. The second-order valence-corrected chi connectivity index (χ2v) is 4.00. The highest BCUT2D eigenvalue weighted by Gasteiger charge is 2.21. The maximum Gasteiger partial charge on any atom is 0.160 e. The molecule has 1 fully saturated rings. The van der Waals surface area contributed by atoms with Gasteiger partial charge in [0, 0.05) is 18.9 Å². The minimum atomic E-state index is -0.766. The molecule has 94 valence electrons. The van der Waals surface area contributed by atoms with Gasteiger partial charge in [0.15, 0.2) is 6.29 Å². The van der Waals surface area contributed by atoms with Crippen molar-refractivity contribution in [2.24, 2.45) is 0 Å². The molecule has 0 aromatic heterocycles.